The van der Waals surface area contributed by atoms with Gasteiger partial charge in [0.1, 0.15) is 5.75 Å². The number of hydrogen-bond donors (Lipinski definition) is 1. The molecule has 0 bridgehead atoms. The van der Waals surface area contributed by atoms with Crippen LogP contribution in [0, 0.1) is 5.41 Å². The minimum Gasteiger partial charge on any atom is -0.494 e. The van der Waals surface area contributed by atoms with Crippen molar-refractivity contribution in [2.45, 2.75) is 53.1 Å². The fourth-order valence-corrected chi connectivity index (χ4v) is 3.63. The molecule has 118 valence electrons. The van der Waals surface area contributed by atoms with E-state index in [2.05, 4.69) is 30.9 Å². The maximum Gasteiger partial charge on any atom is 0.124 e. The highest BCUT2D eigenvalue weighted by atomic mass is 16.5. The summed E-state index contributed by atoms with van der Waals surface area (Å²) in [5.74, 6) is 0.803. The van der Waals surface area contributed by atoms with Crippen LogP contribution in [0.25, 0.3) is 0 Å². The molecule has 1 fully saturated rings. The van der Waals surface area contributed by atoms with E-state index in [-0.39, 0.29) is 6.61 Å². The van der Waals surface area contributed by atoms with Gasteiger partial charge in [-0.05, 0) is 38.0 Å². The van der Waals surface area contributed by atoms with Gasteiger partial charge in [-0.2, -0.15) is 0 Å². The molecule has 1 N–H and O–H groups in total. The molecule has 1 saturated heterocycles. The lowest BCUT2D eigenvalue weighted by atomic mass is 9.72. The Kier molecular flexibility index (Phi) is 5.51. The van der Waals surface area contributed by atoms with E-state index in [1.165, 1.54) is 31.4 Å². The first-order chi connectivity index (χ1) is 10.2. The summed E-state index contributed by atoms with van der Waals surface area (Å²) in [5.41, 5.74) is 2.62. The first kappa shape index (κ1) is 16.2. The lowest BCUT2D eigenvalue weighted by Crippen LogP contribution is -2.56. The Hall–Kier alpha value is -1.22. The van der Waals surface area contributed by atoms with Crippen LogP contribution in [0.5, 0.6) is 5.75 Å². The zero-order valence-electron chi connectivity index (χ0n) is 13.7. The topological polar surface area (TPSA) is 32.7 Å². The fourth-order valence-electron chi connectivity index (χ4n) is 3.63. The highest BCUT2D eigenvalue weighted by molar-refractivity contribution is 5.55. The Bertz CT molecular complexity index is 445. The van der Waals surface area contributed by atoms with Crippen molar-refractivity contribution in [2.24, 2.45) is 5.41 Å². The van der Waals surface area contributed by atoms with Crippen molar-refractivity contribution in [3.63, 3.8) is 0 Å². The monoisotopic (exact) mass is 291 g/mol. The van der Waals surface area contributed by atoms with Gasteiger partial charge in [-0.25, -0.2) is 0 Å². The highest BCUT2D eigenvalue weighted by Gasteiger charge is 2.41. The van der Waals surface area contributed by atoms with Gasteiger partial charge in [-0.1, -0.05) is 26.7 Å². The van der Waals surface area contributed by atoms with Crippen LogP contribution >= 0.6 is 0 Å². The number of aliphatic hydroxyl groups is 1. The molecule has 0 unspecified atom stereocenters. The molecular formula is C18H29NO2. The third-order valence-electron chi connectivity index (χ3n) is 4.49. The van der Waals surface area contributed by atoms with Crippen LogP contribution in [-0.4, -0.2) is 24.8 Å². The normalized spacial score (nSPS) is 16.7. The Labute approximate surface area is 128 Å². The SMILES string of the molecule is CCCC1(CCC)CN(c2ccc(OCC)c(CO)c2)C1. The lowest BCUT2D eigenvalue weighted by molar-refractivity contribution is 0.173. The number of aliphatic hydroxyl groups excluding tert-OH is 1. The molecule has 1 aliphatic rings. The average Bonchev–Trinajstić information content (AvgIpc) is 2.45. The van der Waals surface area contributed by atoms with Gasteiger partial charge in [0.25, 0.3) is 0 Å². The van der Waals surface area contributed by atoms with Crippen molar-refractivity contribution in [2.75, 3.05) is 24.6 Å². The molecule has 2 rings (SSSR count). The Balaban J connectivity index is 2.07. The van der Waals surface area contributed by atoms with Crippen molar-refractivity contribution in [1.82, 2.24) is 0 Å². The van der Waals surface area contributed by atoms with E-state index < -0.39 is 0 Å². The van der Waals surface area contributed by atoms with Crippen LogP contribution in [-0.2, 0) is 6.61 Å². The minimum atomic E-state index is 0.0338. The van der Waals surface area contributed by atoms with Gasteiger partial charge in [0, 0.05) is 29.8 Å². The number of ether oxygens (including phenoxy) is 1. The second-order valence-electron chi connectivity index (χ2n) is 6.24. The number of hydrogen-bond acceptors (Lipinski definition) is 3. The quantitative estimate of drug-likeness (QED) is 0.786. The molecule has 1 aliphatic heterocycles. The van der Waals surface area contributed by atoms with Crippen LogP contribution in [0.15, 0.2) is 18.2 Å². The molecule has 0 aromatic heterocycles. The number of rotatable bonds is 8. The maximum atomic E-state index is 9.51. The van der Waals surface area contributed by atoms with E-state index in [1.54, 1.807) is 0 Å². The maximum absolute atomic E-state index is 9.51. The number of anilines is 1. The van der Waals surface area contributed by atoms with E-state index in [1.807, 2.05) is 13.0 Å². The molecule has 3 heteroatoms. The van der Waals surface area contributed by atoms with Crippen LogP contribution < -0.4 is 9.64 Å². The molecule has 0 amide bonds. The summed E-state index contributed by atoms with van der Waals surface area (Å²) in [4.78, 5) is 2.43. The van der Waals surface area contributed by atoms with Crippen molar-refractivity contribution in [3.05, 3.63) is 23.8 Å². The van der Waals surface area contributed by atoms with Crippen molar-refractivity contribution >= 4 is 5.69 Å². The van der Waals surface area contributed by atoms with E-state index in [0.717, 1.165) is 24.4 Å². The summed E-state index contributed by atoms with van der Waals surface area (Å²) in [6.07, 6.45) is 5.17. The summed E-state index contributed by atoms with van der Waals surface area (Å²) in [6.45, 7) is 9.48. The van der Waals surface area contributed by atoms with Crippen LogP contribution in [0.3, 0.4) is 0 Å². The second kappa shape index (κ2) is 7.17. The van der Waals surface area contributed by atoms with Gasteiger partial charge in [-0.15, -0.1) is 0 Å². The summed E-state index contributed by atoms with van der Waals surface area (Å²) >= 11 is 0. The zero-order chi connectivity index (χ0) is 15.3. The van der Waals surface area contributed by atoms with Crippen molar-refractivity contribution in [3.8, 4) is 5.75 Å². The second-order valence-corrected chi connectivity index (χ2v) is 6.24. The van der Waals surface area contributed by atoms with Crippen molar-refractivity contribution in [1.29, 1.82) is 0 Å². The molecule has 0 radical (unpaired) electrons. The summed E-state index contributed by atoms with van der Waals surface area (Å²) in [5, 5.41) is 9.51. The van der Waals surface area contributed by atoms with Crippen molar-refractivity contribution < 1.29 is 9.84 Å². The van der Waals surface area contributed by atoms with Gasteiger partial charge in [-0.3, -0.25) is 0 Å². The van der Waals surface area contributed by atoms with Gasteiger partial charge < -0.3 is 14.7 Å². The first-order valence-corrected chi connectivity index (χ1v) is 8.29. The molecule has 0 saturated carbocycles. The van der Waals surface area contributed by atoms with Crippen LogP contribution in [0.2, 0.25) is 0 Å². The molecule has 3 nitrogen and oxygen atoms in total. The Morgan fingerprint density at radius 2 is 1.81 bits per heavy atom. The minimum absolute atomic E-state index is 0.0338. The summed E-state index contributed by atoms with van der Waals surface area (Å²) < 4.78 is 5.55. The van der Waals surface area contributed by atoms with Crippen LogP contribution in [0.1, 0.15) is 52.0 Å². The van der Waals surface area contributed by atoms with E-state index in [9.17, 15) is 5.11 Å². The number of benzene rings is 1. The Morgan fingerprint density at radius 1 is 1.14 bits per heavy atom. The number of nitrogens with zero attached hydrogens (tertiary/aromatic N) is 1. The lowest BCUT2D eigenvalue weighted by Gasteiger charge is -2.52. The van der Waals surface area contributed by atoms with Gasteiger partial charge in [0.05, 0.1) is 13.2 Å². The van der Waals surface area contributed by atoms with E-state index in [0.29, 0.717) is 12.0 Å². The molecular weight excluding hydrogens is 262 g/mol. The summed E-state index contributed by atoms with van der Waals surface area (Å²) in [7, 11) is 0. The van der Waals surface area contributed by atoms with Gasteiger partial charge in [0.2, 0.25) is 0 Å². The average molecular weight is 291 g/mol. The van der Waals surface area contributed by atoms with E-state index >= 15 is 0 Å². The van der Waals surface area contributed by atoms with E-state index in [4.69, 9.17) is 4.74 Å². The van der Waals surface area contributed by atoms with Gasteiger partial charge >= 0.3 is 0 Å². The third-order valence-corrected chi connectivity index (χ3v) is 4.49. The Morgan fingerprint density at radius 3 is 2.33 bits per heavy atom. The molecule has 0 aliphatic carbocycles. The molecule has 1 heterocycles. The highest BCUT2D eigenvalue weighted by Crippen LogP contribution is 2.42. The molecule has 21 heavy (non-hydrogen) atoms. The molecule has 1 aromatic carbocycles. The largest absolute Gasteiger partial charge is 0.494 e. The smallest absolute Gasteiger partial charge is 0.124 e. The molecule has 0 atom stereocenters. The fraction of sp³-hybridized carbons (Fsp3) is 0.667. The zero-order valence-corrected chi connectivity index (χ0v) is 13.7. The van der Waals surface area contributed by atoms with Crippen LogP contribution in [0.4, 0.5) is 5.69 Å². The third kappa shape index (κ3) is 3.52. The summed E-state index contributed by atoms with van der Waals surface area (Å²) in [6, 6.07) is 6.18. The predicted molar refractivity (Wildman–Crippen MR) is 88.0 cm³/mol. The molecule has 0 spiro atoms. The first-order valence-electron chi connectivity index (χ1n) is 8.29. The molecule has 1 aromatic rings. The standard InChI is InChI=1S/C18H29NO2/c1-4-9-18(10-5-2)13-19(14-18)16-7-8-17(21-6-3)15(11-16)12-20/h7-8,11,20H,4-6,9-10,12-14H2,1-3H3. The van der Waals surface area contributed by atoms with Gasteiger partial charge in [0.15, 0.2) is 0 Å². The predicted octanol–water partition coefficient (Wildman–Crippen LogP) is 3.98.